The van der Waals surface area contributed by atoms with Crippen molar-refractivity contribution in [3.05, 3.63) is 22.9 Å². The Morgan fingerprint density at radius 2 is 0.881 bits per heavy atom. The number of hydrogen-bond donors (Lipinski definition) is 0. The third kappa shape index (κ3) is 11.7. The molecule has 1 aromatic carbocycles. The fourth-order valence-electron chi connectivity index (χ4n) is 6.43. The fraction of sp³-hybridized carbons (Fsp3) is 0.737. The van der Waals surface area contributed by atoms with Crippen LogP contribution in [0.4, 0.5) is 0 Å². The highest BCUT2D eigenvalue weighted by Crippen LogP contribution is 2.47. The van der Waals surface area contributed by atoms with Gasteiger partial charge in [-0.3, -0.25) is 0 Å². The van der Waals surface area contributed by atoms with E-state index in [1.165, 1.54) is 136 Å². The van der Waals surface area contributed by atoms with Gasteiger partial charge in [0.25, 0.3) is 0 Å². The summed E-state index contributed by atoms with van der Waals surface area (Å²) >= 11 is 3.59. The first-order valence-corrected chi connectivity index (χ1v) is 19.6. The van der Waals surface area contributed by atoms with Crippen molar-refractivity contribution >= 4 is 42.8 Å². The van der Waals surface area contributed by atoms with Gasteiger partial charge in [-0.25, -0.2) is 0 Å². The zero-order chi connectivity index (χ0) is 29.8. The molecule has 0 saturated heterocycles. The fourth-order valence-corrected chi connectivity index (χ4v) is 8.24. The van der Waals surface area contributed by atoms with Gasteiger partial charge in [0.2, 0.25) is 0 Å². The van der Waals surface area contributed by atoms with E-state index in [1.54, 1.807) is 22.7 Å². The summed E-state index contributed by atoms with van der Waals surface area (Å²) in [7, 11) is 0. The molecule has 2 unspecified atom stereocenters. The van der Waals surface area contributed by atoms with Crippen LogP contribution in [0.1, 0.15) is 156 Å². The lowest BCUT2D eigenvalue weighted by Crippen LogP contribution is -2.01. The Balaban J connectivity index is 1.39. The zero-order valence-corrected chi connectivity index (χ0v) is 29.3. The number of ether oxygens (including phenoxy) is 2. The van der Waals surface area contributed by atoms with Gasteiger partial charge in [0.05, 0.1) is 22.6 Å². The van der Waals surface area contributed by atoms with Crippen molar-refractivity contribution in [1.82, 2.24) is 0 Å². The Morgan fingerprint density at radius 1 is 0.500 bits per heavy atom. The van der Waals surface area contributed by atoms with Gasteiger partial charge in [0.15, 0.2) is 0 Å². The molecule has 0 spiro atoms. The second kappa shape index (κ2) is 21.4. The van der Waals surface area contributed by atoms with Crippen LogP contribution in [-0.4, -0.2) is 13.2 Å². The second-order valence-corrected chi connectivity index (χ2v) is 14.5. The number of fused-ring (bicyclic) bond motifs is 2. The van der Waals surface area contributed by atoms with Gasteiger partial charge >= 0.3 is 0 Å². The molecule has 2 aromatic heterocycles. The van der Waals surface area contributed by atoms with Crippen LogP contribution < -0.4 is 9.47 Å². The van der Waals surface area contributed by atoms with Crippen molar-refractivity contribution in [3.63, 3.8) is 0 Å². The highest BCUT2D eigenvalue weighted by Gasteiger charge is 2.18. The number of unbranched alkanes of at least 4 members (excludes halogenated alkanes) is 10. The van der Waals surface area contributed by atoms with Crippen molar-refractivity contribution in [2.24, 2.45) is 11.8 Å². The molecule has 0 aliphatic carbocycles. The van der Waals surface area contributed by atoms with Crippen molar-refractivity contribution in [2.45, 2.75) is 156 Å². The van der Waals surface area contributed by atoms with Gasteiger partial charge < -0.3 is 9.47 Å². The molecule has 0 aliphatic heterocycles. The van der Waals surface area contributed by atoms with Crippen LogP contribution in [0, 0.1) is 11.8 Å². The standard InChI is InChI=1S/C38H62O2S2/c1-5-9-21-31(7-3)23-17-13-11-15-19-27-39-35-33-25-29-42-38(33)36(34-26-30-41-37(34)35)40-28-20-16-12-14-18-24-32(8-4)22-10-6-2/h25-26,29-32H,5-24,27-28H2,1-4H3. The molecule has 0 saturated carbocycles. The molecule has 3 aromatic rings. The van der Waals surface area contributed by atoms with Gasteiger partial charge in [-0.15, -0.1) is 22.7 Å². The Labute approximate surface area is 267 Å². The molecule has 4 heteroatoms. The molecule has 2 nitrogen and oxygen atoms in total. The van der Waals surface area contributed by atoms with Crippen molar-refractivity contribution in [2.75, 3.05) is 13.2 Å². The third-order valence-corrected chi connectivity index (χ3v) is 11.2. The van der Waals surface area contributed by atoms with Gasteiger partial charge in [-0.2, -0.15) is 0 Å². The Kier molecular flexibility index (Phi) is 18.0. The van der Waals surface area contributed by atoms with Crippen LogP contribution in [0.3, 0.4) is 0 Å². The molecule has 2 heterocycles. The number of rotatable bonds is 26. The van der Waals surface area contributed by atoms with E-state index >= 15 is 0 Å². The molecule has 3 rings (SSSR count). The summed E-state index contributed by atoms with van der Waals surface area (Å²) in [5, 5.41) is 6.86. The maximum Gasteiger partial charge on any atom is 0.146 e. The van der Waals surface area contributed by atoms with E-state index in [9.17, 15) is 0 Å². The minimum absolute atomic E-state index is 0.809. The summed E-state index contributed by atoms with van der Waals surface area (Å²) in [5.74, 6) is 4.06. The van der Waals surface area contributed by atoms with Crippen LogP contribution >= 0.6 is 22.7 Å². The topological polar surface area (TPSA) is 18.5 Å². The Morgan fingerprint density at radius 3 is 1.29 bits per heavy atom. The first-order chi connectivity index (χ1) is 20.7. The SMILES string of the molecule is CCCCC(CC)CCCCCCCOc1c2ccsc2c(OCCCCCCCC(CC)CCCC)c2ccsc12. The van der Waals surface area contributed by atoms with E-state index in [1.807, 2.05) is 0 Å². The molecule has 0 amide bonds. The molecule has 0 fully saturated rings. The molecule has 0 bridgehead atoms. The summed E-state index contributed by atoms with van der Waals surface area (Å²) < 4.78 is 15.5. The van der Waals surface area contributed by atoms with E-state index in [0.29, 0.717) is 0 Å². The van der Waals surface area contributed by atoms with E-state index < -0.39 is 0 Å². The molecule has 238 valence electrons. The van der Waals surface area contributed by atoms with Crippen LogP contribution in [0.2, 0.25) is 0 Å². The lowest BCUT2D eigenvalue weighted by atomic mass is 9.93. The third-order valence-electron chi connectivity index (χ3n) is 9.32. The molecular formula is C38H62O2S2. The minimum atomic E-state index is 0.809. The van der Waals surface area contributed by atoms with Crippen molar-refractivity contribution in [1.29, 1.82) is 0 Å². The summed E-state index contributed by atoms with van der Waals surface area (Å²) in [6, 6.07) is 4.46. The van der Waals surface area contributed by atoms with E-state index in [4.69, 9.17) is 9.47 Å². The monoisotopic (exact) mass is 614 g/mol. The molecule has 2 atom stereocenters. The predicted molar refractivity (Wildman–Crippen MR) is 190 cm³/mol. The molecular weight excluding hydrogens is 553 g/mol. The highest BCUT2D eigenvalue weighted by atomic mass is 32.1. The van der Waals surface area contributed by atoms with Gasteiger partial charge in [0.1, 0.15) is 11.5 Å². The number of hydrogen-bond acceptors (Lipinski definition) is 4. The lowest BCUT2D eigenvalue weighted by Gasteiger charge is -2.15. The van der Waals surface area contributed by atoms with Crippen LogP contribution in [0.25, 0.3) is 20.2 Å². The quantitative estimate of drug-likeness (QED) is 0.0837. The van der Waals surface area contributed by atoms with Crippen LogP contribution in [0.5, 0.6) is 11.5 Å². The lowest BCUT2D eigenvalue weighted by molar-refractivity contribution is 0.306. The average Bonchev–Trinajstić information content (AvgIpc) is 3.70. The molecule has 0 N–H and O–H groups in total. The molecule has 42 heavy (non-hydrogen) atoms. The number of thiophene rings is 2. The predicted octanol–water partition coefficient (Wildman–Crippen LogP) is 14.0. The summed E-state index contributed by atoms with van der Waals surface area (Å²) in [6.45, 7) is 11.0. The summed E-state index contributed by atoms with van der Waals surface area (Å²) in [5.41, 5.74) is 0. The van der Waals surface area contributed by atoms with Gasteiger partial charge in [-0.05, 0) is 47.6 Å². The first-order valence-electron chi connectivity index (χ1n) is 17.9. The highest BCUT2D eigenvalue weighted by molar-refractivity contribution is 7.19. The van der Waals surface area contributed by atoms with Crippen LogP contribution in [0.15, 0.2) is 22.9 Å². The van der Waals surface area contributed by atoms with E-state index in [0.717, 1.165) is 49.4 Å². The number of benzene rings is 1. The smallest absolute Gasteiger partial charge is 0.146 e. The van der Waals surface area contributed by atoms with Crippen molar-refractivity contribution in [3.8, 4) is 11.5 Å². The van der Waals surface area contributed by atoms with E-state index in [-0.39, 0.29) is 0 Å². The molecule has 0 aliphatic rings. The Hall–Kier alpha value is -1.26. The maximum atomic E-state index is 6.50. The normalized spacial score (nSPS) is 13.2. The molecule has 0 radical (unpaired) electrons. The first kappa shape index (κ1) is 35.2. The maximum absolute atomic E-state index is 6.50. The second-order valence-electron chi connectivity index (χ2n) is 12.6. The van der Waals surface area contributed by atoms with E-state index in [2.05, 4.69) is 50.6 Å². The van der Waals surface area contributed by atoms with Crippen LogP contribution in [-0.2, 0) is 0 Å². The Bertz CT molecular complexity index is 951. The van der Waals surface area contributed by atoms with Gasteiger partial charge in [-0.1, -0.05) is 143 Å². The summed E-state index contributed by atoms with van der Waals surface area (Å²) in [6.07, 6.45) is 26.9. The zero-order valence-electron chi connectivity index (χ0n) is 27.7. The summed E-state index contributed by atoms with van der Waals surface area (Å²) in [4.78, 5) is 0. The van der Waals surface area contributed by atoms with Crippen molar-refractivity contribution < 1.29 is 9.47 Å². The van der Waals surface area contributed by atoms with Gasteiger partial charge in [0, 0.05) is 10.8 Å². The largest absolute Gasteiger partial charge is 0.491 e. The minimum Gasteiger partial charge on any atom is -0.491 e. The average molecular weight is 615 g/mol.